The summed E-state index contributed by atoms with van der Waals surface area (Å²) in [6.07, 6.45) is 6.15. The topological polar surface area (TPSA) is 176 Å². The number of pyridine rings is 1. The zero-order valence-corrected chi connectivity index (χ0v) is 18.8. The van der Waals surface area contributed by atoms with Crippen molar-refractivity contribution in [1.29, 1.82) is 21.6 Å². The summed E-state index contributed by atoms with van der Waals surface area (Å²) in [5, 5.41) is 32.3. The molecule has 1 aliphatic carbocycles. The van der Waals surface area contributed by atoms with Crippen LogP contribution in [0.15, 0.2) is 42.7 Å². The fourth-order valence-corrected chi connectivity index (χ4v) is 3.82. The molecule has 10 heteroatoms. The molecule has 2 heterocycles. The molecule has 0 atom stereocenters. The molecule has 10 nitrogen and oxygen atoms in total. The summed E-state index contributed by atoms with van der Waals surface area (Å²) in [6.45, 7) is 2.47. The lowest BCUT2D eigenvalue weighted by Gasteiger charge is -2.36. The summed E-state index contributed by atoms with van der Waals surface area (Å²) < 4.78 is 5.40. The summed E-state index contributed by atoms with van der Waals surface area (Å²) >= 11 is 0. The van der Waals surface area contributed by atoms with Gasteiger partial charge in [0.1, 0.15) is 5.82 Å². The smallest absolute Gasteiger partial charge is 0.291 e. The van der Waals surface area contributed by atoms with E-state index in [2.05, 4.69) is 9.88 Å². The van der Waals surface area contributed by atoms with Crippen molar-refractivity contribution >= 4 is 40.9 Å². The summed E-state index contributed by atoms with van der Waals surface area (Å²) in [5.41, 5.74) is 15.0. The van der Waals surface area contributed by atoms with E-state index < -0.39 is 0 Å². The second-order valence-electron chi connectivity index (χ2n) is 8.37. The van der Waals surface area contributed by atoms with Crippen LogP contribution in [0.25, 0.3) is 5.57 Å². The van der Waals surface area contributed by atoms with Gasteiger partial charge in [-0.2, -0.15) is 0 Å². The molecule has 1 aromatic heterocycles. The highest BCUT2D eigenvalue weighted by atomic mass is 16.5. The molecule has 0 radical (unpaired) electrons. The van der Waals surface area contributed by atoms with Gasteiger partial charge in [-0.05, 0) is 42.7 Å². The Kier molecular flexibility index (Phi) is 6.58. The van der Waals surface area contributed by atoms with Crippen LogP contribution >= 0.6 is 0 Å². The van der Waals surface area contributed by atoms with E-state index in [1.807, 2.05) is 11.0 Å². The monoisotopic (exact) mass is 459 g/mol. The highest BCUT2D eigenvalue weighted by molar-refractivity contribution is 6.15. The van der Waals surface area contributed by atoms with Gasteiger partial charge in [0.15, 0.2) is 5.90 Å². The Morgan fingerprint density at radius 3 is 2.41 bits per heavy atom. The number of benzene rings is 1. The predicted octanol–water partition coefficient (Wildman–Crippen LogP) is 2.49. The SMILES string of the molecule is N=C/C(=C\N)c1ccc(N)c(C(=N)c2ccnc(N3CCN(C(=N)OC(=N)C4CC4)CC3)c2)c1. The van der Waals surface area contributed by atoms with Gasteiger partial charge in [0.05, 0.1) is 5.71 Å². The zero-order chi connectivity index (χ0) is 24.2. The van der Waals surface area contributed by atoms with Gasteiger partial charge in [-0.1, -0.05) is 6.07 Å². The van der Waals surface area contributed by atoms with Crippen LogP contribution in [0.1, 0.15) is 29.5 Å². The molecule has 8 N–H and O–H groups in total. The number of nitrogens with one attached hydrogen (secondary N) is 4. The van der Waals surface area contributed by atoms with E-state index in [4.69, 9.17) is 37.8 Å². The second kappa shape index (κ2) is 9.74. The molecule has 0 unspecified atom stereocenters. The molecular formula is C24H29N9O. The van der Waals surface area contributed by atoms with E-state index in [1.165, 1.54) is 12.4 Å². The maximum atomic E-state index is 8.76. The highest BCUT2D eigenvalue weighted by Gasteiger charge is 2.30. The van der Waals surface area contributed by atoms with Crippen molar-refractivity contribution in [3.05, 3.63) is 59.4 Å². The van der Waals surface area contributed by atoms with Crippen molar-refractivity contribution in [1.82, 2.24) is 9.88 Å². The Bertz CT molecular complexity index is 1160. The molecule has 1 saturated heterocycles. The molecule has 2 aliphatic rings. The van der Waals surface area contributed by atoms with Gasteiger partial charge in [-0.3, -0.25) is 16.2 Å². The van der Waals surface area contributed by atoms with Crippen LogP contribution < -0.4 is 16.4 Å². The maximum absolute atomic E-state index is 8.76. The molecule has 1 aliphatic heterocycles. The summed E-state index contributed by atoms with van der Waals surface area (Å²) in [5.74, 6) is 1.12. The molecule has 2 fully saturated rings. The molecule has 4 rings (SSSR count). The third-order valence-corrected chi connectivity index (χ3v) is 6.07. The van der Waals surface area contributed by atoms with E-state index in [-0.39, 0.29) is 23.5 Å². The Hall–Kier alpha value is -4.21. The number of aromatic nitrogens is 1. The maximum Gasteiger partial charge on any atom is 0.291 e. The first-order chi connectivity index (χ1) is 16.4. The van der Waals surface area contributed by atoms with Crippen molar-refractivity contribution in [2.45, 2.75) is 12.8 Å². The van der Waals surface area contributed by atoms with Gasteiger partial charge < -0.3 is 31.4 Å². The molecule has 0 amide bonds. The Labute approximate surface area is 198 Å². The van der Waals surface area contributed by atoms with E-state index >= 15 is 0 Å². The molecule has 1 aromatic carbocycles. The third-order valence-electron chi connectivity index (χ3n) is 6.07. The number of anilines is 2. The lowest BCUT2D eigenvalue weighted by atomic mass is 9.97. The van der Waals surface area contributed by atoms with E-state index in [0.29, 0.717) is 48.6 Å². The van der Waals surface area contributed by atoms with Gasteiger partial charge in [-0.15, -0.1) is 0 Å². The van der Waals surface area contributed by atoms with Crippen molar-refractivity contribution < 1.29 is 4.74 Å². The lowest BCUT2D eigenvalue weighted by molar-refractivity contribution is 0.307. The number of nitrogen functional groups attached to an aromatic ring is 1. The Balaban J connectivity index is 1.45. The van der Waals surface area contributed by atoms with Crippen molar-refractivity contribution in [2.75, 3.05) is 36.8 Å². The number of nitrogens with two attached hydrogens (primary N) is 2. The number of nitrogens with zero attached hydrogens (tertiary/aromatic N) is 3. The standard InChI is InChI=1S/C24H29N9O/c25-13-18(14-26)16-3-4-20(27)19(11-16)22(28)17-5-6-31-21(12-17)32-7-9-33(10-8-32)24(30)34-23(29)15-1-2-15/h3-6,11-15,25,28-30H,1-2,7-10,26-27H2/b18-14+,25-13?,28-22?,29-23?,30-24?. The molecule has 0 bridgehead atoms. The van der Waals surface area contributed by atoms with Gasteiger partial charge in [-0.25, -0.2) is 4.98 Å². The molecular weight excluding hydrogens is 430 g/mol. The van der Waals surface area contributed by atoms with Crippen LogP contribution in [0.2, 0.25) is 0 Å². The molecule has 2 aromatic rings. The number of rotatable bonds is 6. The number of allylic oxidation sites excluding steroid dienone is 1. The minimum atomic E-state index is 0.0335. The van der Waals surface area contributed by atoms with Gasteiger partial charge in [0.25, 0.3) is 6.02 Å². The molecule has 34 heavy (non-hydrogen) atoms. The molecule has 1 saturated carbocycles. The Morgan fingerprint density at radius 1 is 1.03 bits per heavy atom. The Morgan fingerprint density at radius 2 is 1.76 bits per heavy atom. The number of hydrogen-bond acceptors (Lipinski definition) is 9. The number of ether oxygens (including phenoxy) is 1. The van der Waals surface area contributed by atoms with Crippen LogP contribution in [-0.4, -0.2) is 59.9 Å². The van der Waals surface area contributed by atoms with E-state index in [0.717, 1.165) is 24.2 Å². The summed E-state index contributed by atoms with van der Waals surface area (Å²) in [4.78, 5) is 8.43. The summed E-state index contributed by atoms with van der Waals surface area (Å²) in [7, 11) is 0. The second-order valence-corrected chi connectivity index (χ2v) is 8.37. The van der Waals surface area contributed by atoms with Crippen LogP contribution in [0.4, 0.5) is 11.5 Å². The average Bonchev–Trinajstić information content (AvgIpc) is 3.71. The van der Waals surface area contributed by atoms with E-state index in [9.17, 15) is 0 Å². The first-order valence-electron chi connectivity index (χ1n) is 11.1. The quantitative estimate of drug-likeness (QED) is 0.220. The van der Waals surface area contributed by atoms with Crippen LogP contribution in [0.5, 0.6) is 0 Å². The normalized spacial score (nSPS) is 16.2. The minimum absolute atomic E-state index is 0.0335. The first kappa shape index (κ1) is 23.0. The van der Waals surface area contributed by atoms with Crippen LogP contribution in [0, 0.1) is 27.6 Å². The van der Waals surface area contributed by atoms with E-state index in [1.54, 1.807) is 30.5 Å². The zero-order valence-electron chi connectivity index (χ0n) is 18.8. The fraction of sp³-hybridized carbons (Fsp3) is 0.292. The largest absolute Gasteiger partial charge is 0.411 e. The van der Waals surface area contributed by atoms with Gasteiger partial charge in [0.2, 0.25) is 0 Å². The third kappa shape index (κ3) is 4.90. The van der Waals surface area contributed by atoms with Crippen LogP contribution in [-0.2, 0) is 4.74 Å². The number of amidine groups is 1. The van der Waals surface area contributed by atoms with Crippen LogP contribution in [0.3, 0.4) is 0 Å². The molecule has 176 valence electrons. The highest BCUT2D eigenvalue weighted by Crippen LogP contribution is 2.30. The number of hydrogen-bond donors (Lipinski definition) is 6. The van der Waals surface area contributed by atoms with Crippen molar-refractivity contribution in [3.63, 3.8) is 0 Å². The minimum Gasteiger partial charge on any atom is -0.411 e. The lowest BCUT2D eigenvalue weighted by Crippen LogP contribution is -2.49. The predicted molar refractivity (Wildman–Crippen MR) is 135 cm³/mol. The average molecular weight is 460 g/mol. The molecule has 0 spiro atoms. The van der Waals surface area contributed by atoms with Crippen molar-refractivity contribution in [2.24, 2.45) is 11.7 Å². The van der Waals surface area contributed by atoms with Crippen molar-refractivity contribution in [3.8, 4) is 0 Å². The number of piperazine rings is 1. The van der Waals surface area contributed by atoms with Gasteiger partial charge in [0, 0.05) is 73.1 Å². The first-order valence-corrected chi connectivity index (χ1v) is 11.1. The van der Waals surface area contributed by atoms with Gasteiger partial charge >= 0.3 is 0 Å². The fourth-order valence-electron chi connectivity index (χ4n) is 3.82. The summed E-state index contributed by atoms with van der Waals surface area (Å²) in [6, 6.07) is 8.94.